The summed E-state index contributed by atoms with van der Waals surface area (Å²) in [5.41, 5.74) is 2.26. The van der Waals surface area contributed by atoms with Crippen LogP contribution in [0.1, 0.15) is 32.3 Å². The van der Waals surface area contributed by atoms with Crippen LogP contribution in [0, 0.1) is 0 Å². The SMILES string of the molecule is CCCCc1ccc(N(C)[C@H](C)C(=O)O)cc1. The van der Waals surface area contributed by atoms with Gasteiger partial charge in [0.25, 0.3) is 0 Å². The topological polar surface area (TPSA) is 40.5 Å². The Morgan fingerprint density at radius 2 is 1.94 bits per heavy atom. The first-order chi connectivity index (χ1) is 8.06. The summed E-state index contributed by atoms with van der Waals surface area (Å²) in [6.07, 6.45) is 3.48. The summed E-state index contributed by atoms with van der Waals surface area (Å²) in [5.74, 6) is -0.803. The van der Waals surface area contributed by atoms with Crippen LogP contribution in [0.15, 0.2) is 24.3 Å². The molecule has 0 fully saturated rings. The maximum Gasteiger partial charge on any atom is 0.326 e. The summed E-state index contributed by atoms with van der Waals surface area (Å²) in [6, 6.07) is 7.64. The molecule has 0 saturated carbocycles. The molecule has 0 spiro atoms. The van der Waals surface area contributed by atoms with Gasteiger partial charge in [0.15, 0.2) is 0 Å². The second-order valence-corrected chi connectivity index (χ2v) is 4.40. The van der Waals surface area contributed by atoms with Gasteiger partial charge >= 0.3 is 5.97 Å². The average Bonchev–Trinajstić information content (AvgIpc) is 2.35. The molecular weight excluding hydrogens is 214 g/mol. The van der Waals surface area contributed by atoms with Crippen molar-refractivity contribution in [3.63, 3.8) is 0 Å². The third-order valence-corrected chi connectivity index (χ3v) is 3.10. The fraction of sp³-hybridized carbons (Fsp3) is 0.500. The Bertz CT molecular complexity index is 359. The Kier molecular flexibility index (Phi) is 5.01. The van der Waals surface area contributed by atoms with E-state index < -0.39 is 12.0 Å². The van der Waals surface area contributed by atoms with Gasteiger partial charge in [-0.1, -0.05) is 25.5 Å². The van der Waals surface area contributed by atoms with Crippen molar-refractivity contribution in [2.45, 2.75) is 39.2 Å². The fourth-order valence-corrected chi connectivity index (χ4v) is 1.67. The van der Waals surface area contributed by atoms with Crippen molar-refractivity contribution in [3.05, 3.63) is 29.8 Å². The third kappa shape index (κ3) is 3.77. The maximum absolute atomic E-state index is 10.9. The number of nitrogens with zero attached hydrogens (tertiary/aromatic N) is 1. The van der Waals surface area contributed by atoms with E-state index in [9.17, 15) is 4.79 Å². The lowest BCUT2D eigenvalue weighted by molar-refractivity contribution is -0.138. The number of likely N-dealkylation sites (N-methyl/N-ethyl adjacent to an activating group) is 1. The molecule has 0 aromatic heterocycles. The van der Waals surface area contributed by atoms with Crippen LogP contribution in [0.4, 0.5) is 5.69 Å². The molecule has 0 unspecified atom stereocenters. The molecule has 1 N–H and O–H groups in total. The minimum Gasteiger partial charge on any atom is -0.480 e. The molecule has 1 rings (SSSR count). The maximum atomic E-state index is 10.9. The Morgan fingerprint density at radius 3 is 2.41 bits per heavy atom. The van der Waals surface area contributed by atoms with Crippen molar-refractivity contribution in [3.8, 4) is 0 Å². The van der Waals surface area contributed by atoms with E-state index in [1.165, 1.54) is 18.4 Å². The molecule has 0 saturated heterocycles. The third-order valence-electron chi connectivity index (χ3n) is 3.10. The summed E-state index contributed by atoms with van der Waals surface area (Å²) in [6.45, 7) is 3.87. The predicted octanol–water partition coefficient (Wildman–Crippen LogP) is 2.94. The average molecular weight is 235 g/mol. The molecule has 1 atom stereocenters. The number of carboxylic acids is 1. The van der Waals surface area contributed by atoms with Crippen molar-refractivity contribution in [2.75, 3.05) is 11.9 Å². The quantitative estimate of drug-likeness (QED) is 0.824. The summed E-state index contributed by atoms with van der Waals surface area (Å²) >= 11 is 0. The Labute approximate surface area is 103 Å². The van der Waals surface area contributed by atoms with Gasteiger partial charge in [-0.2, -0.15) is 0 Å². The second-order valence-electron chi connectivity index (χ2n) is 4.40. The lowest BCUT2D eigenvalue weighted by Gasteiger charge is -2.23. The van der Waals surface area contributed by atoms with E-state index in [2.05, 4.69) is 19.1 Å². The molecule has 3 heteroatoms. The van der Waals surface area contributed by atoms with Crippen LogP contribution in [-0.2, 0) is 11.2 Å². The van der Waals surface area contributed by atoms with Crippen LogP contribution in [0.2, 0.25) is 0 Å². The van der Waals surface area contributed by atoms with Crippen LogP contribution in [0.3, 0.4) is 0 Å². The summed E-state index contributed by atoms with van der Waals surface area (Å²) in [4.78, 5) is 12.7. The number of unbranched alkanes of at least 4 members (excludes halogenated alkanes) is 1. The van der Waals surface area contributed by atoms with E-state index in [1.54, 1.807) is 18.9 Å². The monoisotopic (exact) mass is 235 g/mol. The normalized spacial score (nSPS) is 12.2. The first-order valence-corrected chi connectivity index (χ1v) is 6.10. The van der Waals surface area contributed by atoms with Crippen molar-refractivity contribution in [2.24, 2.45) is 0 Å². The van der Waals surface area contributed by atoms with E-state index in [0.29, 0.717) is 0 Å². The van der Waals surface area contributed by atoms with Crippen LogP contribution >= 0.6 is 0 Å². The number of rotatable bonds is 6. The Morgan fingerprint density at radius 1 is 1.35 bits per heavy atom. The zero-order valence-corrected chi connectivity index (χ0v) is 10.8. The zero-order chi connectivity index (χ0) is 12.8. The number of hydrogen-bond acceptors (Lipinski definition) is 2. The van der Waals surface area contributed by atoms with Crippen LogP contribution < -0.4 is 4.90 Å². The van der Waals surface area contributed by atoms with Gasteiger partial charge in [-0.25, -0.2) is 4.79 Å². The Hall–Kier alpha value is -1.51. The number of carboxylic acid groups (broad SMARTS) is 1. The first kappa shape index (κ1) is 13.6. The Balaban J connectivity index is 2.69. The van der Waals surface area contributed by atoms with Crippen LogP contribution in [0.5, 0.6) is 0 Å². The number of benzene rings is 1. The van der Waals surface area contributed by atoms with Gasteiger partial charge in [-0.15, -0.1) is 0 Å². The lowest BCUT2D eigenvalue weighted by Crippen LogP contribution is -2.35. The molecule has 3 nitrogen and oxygen atoms in total. The van der Waals surface area contributed by atoms with Crippen LogP contribution in [0.25, 0.3) is 0 Å². The van der Waals surface area contributed by atoms with E-state index in [-0.39, 0.29) is 0 Å². The molecule has 0 aliphatic rings. The standard InChI is InChI=1S/C14H21NO2/c1-4-5-6-12-7-9-13(10-8-12)15(3)11(2)14(16)17/h7-11H,4-6H2,1-3H3,(H,16,17)/t11-/m1/s1. The molecular formula is C14H21NO2. The molecule has 1 aromatic carbocycles. The number of carbonyl (C=O) groups is 1. The van der Waals surface area contributed by atoms with E-state index in [1.807, 2.05) is 12.1 Å². The minimum absolute atomic E-state index is 0.503. The molecule has 0 aliphatic carbocycles. The molecule has 0 aliphatic heterocycles. The van der Waals surface area contributed by atoms with E-state index in [4.69, 9.17) is 5.11 Å². The number of hydrogen-bond donors (Lipinski definition) is 1. The molecule has 17 heavy (non-hydrogen) atoms. The van der Waals surface area contributed by atoms with E-state index >= 15 is 0 Å². The largest absolute Gasteiger partial charge is 0.480 e. The highest BCUT2D eigenvalue weighted by Crippen LogP contribution is 2.17. The van der Waals surface area contributed by atoms with Gasteiger partial charge < -0.3 is 10.0 Å². The highest BCUT2D eigenvalue weighted by atomic mass is 16.4. The molecule has 0 amide bonds. The molecule has 0 bridgehead atoms. The smallest absolute Gasteiger partial charge is 0.326 e. The van der Waals surface area contributed by atoms with Gasteiger partial charge in [-0.3, -0.25) is 0 Å². The van der Waals surface area contributed by atoms with Gasteiger partial charge in [0.2, 0.25) is 0 Å². The molecule has 0 radical (unpaired) electrons. The van der Waals surface area contributed by atoms with Gasteiger partial charge in [0.1, 0.15) is 6.04 Å². The van der Waals surface area contributed by atoms with Gasteiger partial charge in [0, 0.05) is 12.7 Å². The van der Waals surface area contributed by atoms with Crippen LogP contribution in [-0.4, -0.2) is 24.2 Å². The molecule has 1 aromatic rings. The molecule has 94 valence electrons. The summed E-state index contributed by atoms with van der Waals surface area (Å²) in [7, 11) is 1.81. The number of aliphatic carboxylic acids is 1. The molecule has 0 heterocycles. The first-order valence-electron chi connectivity index (χ1n) is 6.10. The fourth-order valence-electron chi connectivity index (χ4n) is 1.67. The summed E-state index contributed by atoms with van der Waals surface area (Å²) in [5, 5.41) is 8.94. The highest BCUT2D eigenvalue weighted by molar-refractivity contribution is 5.77. The van der Waals surface area contributed by atoms with Gasteiger partial charge in [0.05, 0.1) is 0 Å². The van der Waals surface area contributed by atoms with E-state index in [0.717, 1.165) is 12.1 Å². The number of anilines is 1. The predicted molar refractivity (Wildman–Crippen MR) is 70.6 cm³/mol. The summed E-state index contributed by atoms with van der Waals surface area (Å²) < 4.78 is 0. The second kappa shape index (κ2) is 6.28. The van der Waals surface area contributed by atoms with Crippen molar-refractivity contribution >= 4 is 11.7 Å². The minimum atomic E-state index is -0.803. The van der Waals surface area contributed by atoms with Crippen molar-refractivity contribution < 1.29 is 9.90 Å². The zero-order valence-electron chi connectivity index (χ0n) is 10.8. The number of aryl methyl sites for hydroxylation is 1. The highest BCUT2D eigenvalue weighted by Gasteiger charge is 2.16. The van der Waals surface area contributed by atoms with Crippen molar-refractivity contribution in [1.29, 1.82) is 0 Å². The van der Waals surface area contributed by atoms with Crippen molar-refractivity contribution in [1.82, 2.24) is 0 Å². The van der Waals surface area contributed by atoms with Gasteiger partial charge in [-0.05, 0) is 37.5 Å². The lowest BCUT2D eigenvalue weighted by atomic mass is 10.1.